The normalized spacial score (nSPS) is 22.2. The van der Waals surface area contributed by atoms with Crippen LogP contribution < -0.4 is 5.32 Å². The standard InChI is InChI=1S/C24H24BNO2/c25-23-16-21(22(17-27)28-23)26-24(18-10-4-1-5-11-18,19-12-6-2-7-13-19)20-14-8-3-9-15-20/h1-15,21-23,26-27H,16-17H2/t21-,22-,23-/m1/s1. The highest BCUT2D eigenvalue weighted by Gasteiger charge is 2.42. The molecule has 3 atom stereocenters. The van der Waals surface area contributed by atoms with Crippen molar-refractivity contribution in [3.8, 4) is 0 Å². The van der Waals surface area contributed by atoms with E-state index in [4.69, 9.17) is 12.6 Å². The molecule has 140 valence electrons. The highest BCUT2D eigenvalue weighted by molar-refractivity contribution is 6.11. The van der Waals surface area contributed by atoms with E-state index in [0.29, 0.717) is 6.42 Å². The average Bonchev–Trinajstić information content (AvgIpc) is 3.13. The van der Waals surface area contributed by atoms with Crippen LogP contribution in [0, 0.1) is 0 Å². The molecule has 0 bridgehead atoms. The zero-order valence-corrected chi connectivity index (χ0v) is 15.7. The van der Waals surface area contributed by atoms with Gasteiger partial charge in [-0.25, -0.2) is 0 Å². The van der Waals surface area contributed by atoms with Crippen LogP contribution in [-0.4, -0.2) is 37.7 Å². The number of aliphatic hydroxyl groups excluding tert-OH is 1. The van der Waals surface area contributed by atoms with Gasteiger partial charge in [-0.3, -0.25) is 5.32 Å². The maximum absolute atomic E-state index is 9.84. The first-order valence-corrected chi connectivity index (χ1v) is 9.70. The molecule has 4 rings (SSSR count). The van der Waals surface area contributed by atoms with E-state index >= 15 is 0 Å². The number of ether oxygens (including phenoxy) is 1. The van der Waals surface area contributed by atoms with Crippen LogP contribution in [0.15, 0.2) is 91.0 Å². The fraction of sp³-hybridized carbons (Fsp3) is 0.250. The van der Waals surface area contributed by atoms with E-state index in [1.165, 1.54) is 0 Å². The summed E-state index contributed by atoms with van der Waals surface area (Å²) in [7, 11) is 6.05. The lowest BCUT2D eigenvalue weighted by Gasteiger charge is -2.40. The Morgan fingerprint density at radius 3 is 1.64 bits per heavy atom. The van der Waals surface area contributed by atoms with Gasteiger partial charge in [0.15, 0.2) is 0 Å². The maximum Gasteiger partial charge on any atom is 0.109 e. The van der Waals surface area contributed by atoms with Crippen LogP contribution in [0.5, 0.6) is 0 Å². The van der Waals surface area contributed by atoms with Crippen molar-refractivity contribution >= 4 is 7.85 Å². The molecule has 0 aromatic heterocycles. The van der Waals surface area contributed by atoms with Gasteiger partial charge in [0.1, 0.15) is 7.85 Å². The van der Waals surface area contributed by atoms with Crippen LogP contribution in [0.25, 0.3) is 0 Å². The third-order valence-electron chi connectivity index (χ3n) is 5.49. The summed E-state index contributed by atoms with van der Waals surface area (Å²) in [6.45, 7) is -0.0696. The van der Waals surface area contributed by atoms with E-state index in [1.54, 1.807) is 0 Å². The van der Waals surface area contributed by atoms with Gasteiger partial charge in [0.05, 0.1) is 18.2 Å². The van der Waals surface area contributed by atoms with Crippen molar-refractivity contribution in [2.45, 2.75) is 30.1 Å². The Hall–Kier alpha value is -2.40. The first-order valence-electron chi connectivity index (χ1n) is 9.70. The average molecular weight is 369 g/mol. The fourth-order valence-corrected chi connectivity index (χ4v) is 4.19. The number of benzene rings is 3. The summed E-state index contributed by atoms with van der Waals surface area (Å²) >= 11 is 0. The van der Waals surface area contributed by atoms with Gasteiger partial charge in [-0.2, -0.15) is 0 Å². The predicted octanol–water partition coefficient (Wildman–Crippen LogP) is 3.21. The Bertz CT molecular complexity index is 776. The minimum absolute atomic E-state index is 0.0696. The molecule has 0 unspecified atom stereocenters. The molecule has 1 saturated heterocycles. The van der Waals surface area contributed by atoms with Crippen molar-refractivity contribution in [2.75, 3.05) is 6.61 Å². The van der Waals surface area contributed by atoms with Crippen LogP contribution in [-0.2, 0) is 10.3 Å². The highest BCUT2D eigenvalue weighted by Crippen LogP contribution is 2.38. The molecule has 1 fully saturated rings. The predicted molar refractivity (Wildman–Crippen MR) is 112 cm³/mol. The van der Waals surface area contributed by atoms with Crippen molar-refractivity contribution in [1.82, 2.24) is 5.32 Å². The molecule has 28 heavy (non-hydrogen) atoms. The van der Waals surface area contributed by atoms with E-state index < -0.39 is 5.54 Å². The number of aliphatic hydroxyl groups is 1. The fourth-order valence-electron chi connectivity index (χ4n) is 4.19. The van der Waals surface area contributed by atoms with Crippen LogP contribution in [0.1, 0.15) is 23.1 Å². The van der Waals surface area contributed by atoms with Crippen molar-refractivity contribution in [3.05, 3.63) is 108 Å². The molecule has 0 spiro atoms. The van der Waals surface area contributed by atoms with Gasteiger partial charge in [-0.05, 0) is 23.1 Å². The second-order valence-corrected chi connectivity index (χ2v) is 7.23. The third kappa shape index (κ3) is 3.51. The molecular weight excluding hydrogens is 345 g/mol. The lowest BCUT2D eigenvalue weighted by Crippen LogP contribution is -2.53. The van der Waals surface area contributed by atoms with Crippen LogP contribution in [0.4, 0.5) is 0 Å². The quantitative estimate of drug-likeness (QED) is 0.518. The molecule has 2 radical (unpaired) electrons. The smallest absolute Gasteiger partial charge is 0.109 e. The summed E-state index contributed by atoms with van der Waals surface area (Å²) < 4.78 is 5.74. The van der Waals surface area contributed by atoms with Crippen LogP contribution in [0.3, 0.4) is 0 Å². The van der Waals surface area contributed by atoms with Crippen molar-refractivity contribution in [1.29, 1.82) is 0 Å². The second kappa shape index (κ2) is 8.32. The monoisotopic (exact) mass is 369 g/mol. The zero-order valence-electron chi connectivity index (χ0n) is 15.7. The number of hydrogen-bond donors (Lipinski definition) is 2. The minimum atomic E-state index is -0.588. The Balaban J connectivity index is 1.91. The van der Waals surface area contributed by atoms with Crippen molar-refractivity contribution < 1.29 is 9.84 Å². The molecule has 1 aliphatic heterocycles. The Labute approximate surface area is 167 Å². The maximum atomic E-state index is 9.84. The van der Waals surface area contributed by atoms with Crippen molar-refractivity contribution in [3.63, 3.8) is 0 Å². The van der Waals surface area contributed by atoms with E-state index in [2.05, 4.69) is 78.1 Å². The molecule has 3 aromatic rings. The molecule has 3 aromatic carbocycles. The summed E-state index contributed by atoms with van der Waals surface area (Å²) in [5.41, 5.74) is 2.80. The lowest BCUT2D eigenvalue weighted by atomic mass is 9.76. The Kier molecular flexibility index (Phi) is 5.63. The van der Waals surface area contributed by atoms with Gasteiger partial charge in [0, 0.05) is 12.0 Å². The molecule has 1 aliphatic rings. The Morgan fingerprint density at radius 2 is 1.25 bits per heavy atom. The molecule has 0 aliphatic carbocycles. The van der Waals surface area contributed by atoms with Crippen LogP contribution in [0.2, 0.25) is 0 Å². The number of rotatable bonds is 6. The third-order valence-corrected chi connectivity index (χ3v) is 5.49. The molecule has 2 N–H and O–H groups in total. The lowest BCUT2D eigenvalue weighted by molar-refractivity contribution is 0.0308. The highest BCUT2D eigenvalue weighted by atomic mass is 16.5. The SMILES string of the molecule is [B][C@H]1C[C@@H](NC(c2ccccc2)(c2ccccc2)c2ccccc2)[C@@H](CO)O1. The largest absolute Gasteiger partial charge is 0.394 e. The van der Waals surface area contributed by atoms with E-state index in [1.807, 2.05) is 18.2 Å². The number of nitrogens with one attached hydrogen (secondary N) is 1. The number of hydrogen-bond acceptors (Lipinski definition) is 3. The second-order valence-electron chi connectivity index (χ2n) is 7.23. The molecule has 1 heterocycles. The summed E-state index contributed by atoms with van der Waals surface area (Å²) in [6.07, 6.45) is 0.296. The zero-order chi connectivity index (χ0) is 19.4. The van der Waals surface area contributed by atoms with E-state index in [9.17, 15) is 5.11 Å². The van der Waals surface area contributed by atoms with Gasteiger partial charge in [-0.15, -0.1) is 0 Å². The first kappa shape index (κ1) is 18.9. The van der Waals surface area contributed by atoms with Gasteiger partial charge >= 0.3 is 0 Å². The first-order chi connectivity index (χ1) is 13.7. The summed E-state index contributed by atoms with van der Waals surface area (Å²) in [5.74, 6) is 0. The minimum Gasteiger partial charge on any atom is -0.394 e. The molecule has 4 heteroatoms. The molecule has 0 amide bonds. The van der Waals surface area contributed by atoms with Gasteiger partial charge in [0.25, 0.3) is 0 Å². The molecular formula is C24H24BNO2. The van der Waals surface area contributed by atoms with Gasteiger partial charge in [-0.1, -0.05) is 91.0 Å². The Morgan fingerprint density at radius 1 is 0.821 bits per heavy atom. The summed E-state index contributed by atoms with van der Waals surface area (Å²) in [5, 5.41) is 13.7. The van der Waals surface area contributed by atoms with Crippen LogP contribution >= 0.6 is 0 Å². The van der Waals surface area contributed by atoms with Gasteiger partial charge in [0.2, 0.25) is 0 Å². The molecule has 0 saturated carbocycles. The van der Waals surface area contributed by atoms with E-state index in [0.717, 1.165) is 16.7 Å². The molecule has 3 nitrogen and oxygen atoms in total. The summed E-state index contributed by atoms with van der Waals surface area (Å²) in [4.78, 5) is 0. The van der Waals surface area contributed by atoms with E-state index in [-0.39, 0.29) is 24.8 Å². The van der Waals surface area contributed by atoms with Gasteiger partial charge < -0.3 is 9.84 Å². The van der Waals surface area contributed by atoms with Crippen molar-refractivity contribution in [2.24, 2.45) is 0 Å². The topological polar surface area (TPSA) is 41.5 Å². The summed E-state index contributed by atoms with van der Waals surface area (Å²) in [6, 6.07) is 30.7.